The number of hydrogen-bond donors (Lipinski definition) is 1. The highest BCUT2D eigenvalue weighted by atomic mass is 16.5. The van der Waals surface area contributed by atoms with Gasteiger partial charge in [0, 0.05) is 31.8 Å². The highest BCUT2D eigenvalue weighted by Gasteiger charge is 2.41. The van der Waals surface area contributed by atoms with E-state index in [0.29, 0.717) is 5.41 Å². The van der Waals surface area contributed by atoms with Crippen LogP contribution in [0.5, 0.6) is 0 Å². The Hall–Kier alpha value is -0.120. The molecular formula is C14H28N2O. The number of ether oxygens (including phenoxy) is 1. The lowest BCUT2D eigenvalue weighted by Crippen LogP contribution is -2.57. The molecule has 0 unspecified atom stereocenters. The van der Waals surface area contributed by atoms with E-state index in [4.69, 9.17) is 10.5 Å². The molecule has 1 heterocycles. The third-order valence-corrected chi connectivity index (χ3v) is 4.81. The largest absolute Gasteiger partial charge is 0.380 e. The van der Waals surface area contributed by atoms with Crippen molar-refractivity contribution >= 4 is 0 Å². The van der Waals surface area contributed by atoms with Crippen molar-refractivity contribution in [3.8, 4) is 0 Å². The predicted octanol–water partition coefficient (Wildman–Crippen LogP) is 2.01. The number of nitrogens with zero attached hydrogens (tertiary/aromatic N) is 1. The third kappa shape index (κ3) is 3.01. The summed E-state index contributed by atoms with van der Waals surface area (Å²) in [7, 11) is 0. The van der Waals surface area contributed by atoms with Crippen LogP contribution in [-0.4, -0.2) is 43.3 Å². The van der Waals surface area contributed by atoms with E-state index in [0.717, 1.165) is 39.3 Å². The average Bonchev–Trinajstić information content (AvgIpc) is 2.59. The average molecular weight is 240 g/mol. The van der Waals surface area contributed by atoms with Crippen LogP contribution in [0.1, 0.15) is 46.0 Å². The van der Waals surface area contributed by atoms with E-state index in [9.17, 15) is 0 Å². The minimum atomic E-state index is 0.267. The van der Waals surface area contributed by atoms with Crippen LogP contribution in [0.15, 0.2) is 0 Å². The molecule has 0 spiro atoms. The van der Waals surface area contributed by atoms with Crippen LogP contribution in [0, 0.1) is 5.41 Å². The first kappa shape index (κ1) is 13.3. The van der Waals surface area contributed by atoms with Crippen LogP contribution in [0.3, 0.4) is 0 Å². The second kappa shape index (κ2) is 5.25. The van der Waals surface area contributed by atoms with Gasteiger partial charge in [-0.2, -0.15) is 0 Å². The molecule has 2 N–H and O–H groups in total. The molecule has 3 nitrogen and oxygen atoms in total. The van der Waals surface area contributed by atoms with E-state index in [2.05, 4.69) is 18.7 Å². The standard InChI is InChI=1S/C14H28N2O/c1-13(2)4-6-14(12-15,7-5-13)16-8-3-10-17-11-9-16/h3-12,15H2,1-2H3. The van der Waals surface area contributed by atoms with Crippen LogP contribution >= 0.6 is 0 Å². The fourth-order valence-electron chi connectivity index (χ4n) is 3.26. The highest BCUT2D eigenvalue weighted by molar-refractivity contribution is 4.98. The van der Waals surface area contributed by atoms with Crippen molar-refractivity contribution in [2.75, 3.05) is 32.8 Å². The van der Waals surface area contributed by atoms with Gasteiger partial charge in [-0.1, -0.05) is 13.8 Å². The van der Waals surface area contributed by atoms with E-state index in [-0.39, 0.29) is 5.54 Å². The van der Waals surface area contributed by atoms with Gasteiger partial charge in [0.2, 0.25) is 0 Å². The number of nitrogens with two attached hydrogens (primary N) is 1. The van der Waals surface area contributed by atoms with Crippen LogP contribution in [0.4, 0.5) is 0 Å². The molecule has 0 aromatic carbocycles. The summed E-state index contributed by atoms with van der Waals surface area (Å²) in [6, 6.07) is 0. The van der Waals surface area contributed by atoms with Gasteiger partial charge < -0.3 is 10.5 Å². The Labute approximate surface area is 106 Å². The van der Waals surface area contributed by atoms with Crippen molar-refractivity contribution in [1.82, 2.24) is 4.90 Å². The van der Waals surface area contributed by atoms with E-state index in [1.165, 1.54) is 25.7 Å². The van der Waals surface area contributed by atoms with Crippen LogP contribution in [0.2, 0.25) is 0 Å². The Morgan fingerprint density at radius 2 is 1.76 bits per heavy atom. The molecule has 3 heteroatoms. The SMILES string of the molecule is CC1(C)CCC(CN)(N2CCCOCC2)CC1. The first-order valence-corrected chi connectivity index (χ1v) is 7.11. The Balaban J connectivity index is 2.03. The molecular weight excluding hydrogens is 212 g/mol. The molecule has 1 saturated heterocycles. The summed E-state index contributed by atoms with van der Waals surface area (Å²) >= 11 is 0. The summed E-state index contributed by atoms with van der Waals surface area (Å²) < 4.78 is 5.56. The molecule has 0 amide bonds. The van der Waals surface area contributed by atoms with E-state index >= 15 is 0 Å². The van der Waals surface area contributed by atoms with Gasteiger partial charge in [-0.15, -0.1) is 0 Å². The Kier molecular flexibility index (Phi) is 4.11. The fraction of sp³-hybridized carbons (Fsp3) is 1.00. The number of hydrogen-bond acceptors (Lipinski definition) is 3. The van der Waals surface area contributed by atoms with Crippen molar-refractivity contribution < 1.29 is 4.74 Å². The smallest absolute Gasteiger partial charge is 0.0593 e. The molecule has 1 aliphatic heterocycles. The first-order valence-electron chi connectivity index (χ1n) is 7.11. The highest BCUT2D eigenvalue weighted by Crippen LogP contribution is 2.42. The quantitative estimate of drug-likeness (QED) is 0.802. The molecule has 2 fully saturated rings. The zero-order chi connectivity index (χ0) is 12.4. The van der Waals surface area contributed by atoms with Gasteiger partial charge >= 0.3 is 0 Å². The first-order chi connectivity index (χ1) is 8.08. The molecule has 0 aromatic rings. The number of rotatable bonds is 2. The second-order valence-corrected chi connectivity index (χ2v) is 6.55. The lowest BCUT2D eigenvalue weighted by molar-refractivity contribution is 0.0209. The lowest BCUT2D eigenvalue weighted by atomic mass is 9.68. The summed E-state index contributed by atoms with van der Waals surface area (Å²) in [4.78, 5) is 2.62. The zero-order valence-corrected chi connectivity index (χ0v) is 11.5. The van der Waals surface area contributed by atoms with Crippen molar-refractivity contribution in [1.29, 1.82) is 0 Å². The van der Waals surface area contributed by atoms with Gasteiger partial charge in [0.05, 0.1) is 6.61 Å². The topological polar surface area (TPSA) is 38.5 Å². The minimum absolute atomic E-state index is 0.267. The maximum Gasteiger partial charge on any atom is 0.0593 e. The molecule has 17 heavy (non-hydrogen) atoms. The van der Waals surface area contributed by atoms with Crippen molar-refractivity contribution in [2.45, 2.75) is 51.5 Å². The Bertz CT molecular complexity index is 235. The van der Waals surface area contributed by atoms with Crippen molar-refractivity contribution in [3.63, 3.8) is 0 Å². The van der Waals surface area contributed by atoms with Crippen LogP contribution in [-0.2, 0) is 4.74 Å². The monoisotopic (exact) mass is 240 g/mol. The fourth-order valence-corrected chi connectivity index (χ4v) is 3.26. The predicted molar refractivity (Wildman–Crippen MR) is 71.0 cm³/mol. The zero-order valence-electron chi connectivity index (χ0n) is 11.5. The van der Waals surface area contributed by atoms with E-state index in [1.807, 2.05) is 0 Å². The molecule has 0 aromatic heterocycles. The summed E-state index contributed by atoms with van der Waals surface area (Å²) in [6.07, 6.45) is 6.29. The van der Waals surface area contributed by atoms with Gasteiger partial charge in [-0.3, -0.25) is 4.90 Å². The Morgan fingerprint density at radius 3 is 2.41 bits per heavy atom. The second-order valence-electron chi connectivity index (χ2n) is 6.55. The molecule has 0 bridgehead atoms. The molecule has 0 radical (unpaired) electrons. The summed E-state index contributed by atoms with van der Waals surface area (Å²) in [5.41, 5.74) is 6.91. The summed E-state index contributed by atoms with van der Waals surface area (Å²) in [6.45, 7) is 9.62. The Morgan fingerprint density at radius 1 is 1.06 bits per heavy atom. The summed E-state index contributed by atoms with van der Waals surface area (Å²) in [5.74, 6) is 0. The van der Waals surface area contributed by atoms with Gasteiger partial charge in [0.15, 0.2) is 0 Å². The minimum Gasteiger partial charge on any atom is -0.380 e. The van der Waals surface area contributed by atoms with Crippen molar-refractivity contribution in [3.05, 3.63) is 0 Å². The van der Waals surface area contributed by atoms with Gasteiger partial charge in [0.25, 0.3) is 0 Å². The van der Waals surface area contributed by atoms with E-state index < -0.39 is 0 Å². The maximum atomic E-state index is 6.13. The van der Waals surface area contributed by atoms with Crippen molar-refractivity contribution in [2.24, 2.45) is 11.1 Å². The van der Waals surface area contributed by atoms with Gasteiger partial charge in [0.1, 0.15) is 0 Å². The van der Waals surface area contributed by atoms with Gasteiger partial charge in [-0.25, -0.2) is 0 Å². The molecule has 1 aliphatic carbocycles. The maximum absolute atomic E-state index is 6.13. The lowest BCUT2D eigenvalue weighted by Gasteiger charge is -2.49. The summed E-state index contributed by atoms with van der Waals surface area (Å²) in [5, 5.41) is 0. The normalized spacial score (nSPS) is 29.8. The van der Waals surface area contributed by atoms with Crippen LogP contribution < -0.4 is 5.73 Å². The molecule has 100 valence electrons. The molecule has 2 aliphatic rings. The van der Waals surface area contributed by atoms with Gasteiger partial charge in [-0.05, 0) is 37.5 Å². The van der Waals surface area contributed by atoms with Crippen LogP contribution in [0.25, 0.3) is 0 Å². The third-order valence-electron chi connectivity index (χ3n) is 4.81. The molecule has 2 rings (SSSR count). The molecule has 0 atom stereocenters. The molecule has 1 saturated carbocycles. The van der Waals surface area contributed by atoms with E-state index in [1.54, 1.807) is 0 Å².